The molecule has 2 heteroatoms. The SMILES string of the molecule is C=C=CC(C)(C)C(=O)OC=C. The zero-order valence-corrected chi connectivity index (χ0v) is 6.89. The molecule has 11 heavy (non-hydrogen) atoms. The minimum absolute atomic E-state index is 0.358. The van der Waals surface area contributed by atoms with Crippen molar-refractivity contribution in [1.82, 2.24) is 0 Å². The van der Waals surface area contributed by atoms with Crippen LogP contribution in [-0.4, -0.2) is 5.97 Å². The average molecular weight is 152 g/mol. The molecule has 0 aliphatic heterocycles. The van der Waals surface area contributed by atoms with E-state index in [1.807, 2.05) is 0 Å². The van der Waals surface area contributed by atoms with E-state index in [0.717, 1.165) is 6.26 Å². The van der Waals surface area contributed by atoms with Crippen molar-refractivity contribution in [1.29, 1.82) is 0 Å². The summed E-state index contributed by atoms with van der Waals surface area (Å²) in [6.45, 7) is 10.1. The lowest BCUT2D eigenvalue weighted by Gasteiger charge is -2.14. The van der Waals surface area contributed by atoms with Crippen LogP contribution in [0.25, 0.3) is 0 Å². The molecule has 0 rings (SSSR count). The van der Waals surface area contributed by atoms with E-state index in [4.69, 9.17) is 0 Å². The van der Waals surface area contributed by atoms with Gasteiger partial charge in [0, 0.05) is 0 Å². The molecule has 0 radical (unpaired) electrons. The lowest BCUT2D eigenvalue weighted by atomic mass is 9.94. The van der Waals surface area contributed by atoms with Crippen molar-refractivity contribution >= 4 is 5.97 Å². The fraction of sp³-hybridized carbons (Fsp3) is 0.333. The molecule has 0 bridgehead atoms. The molecule has 0 atom stereocenters. The molecule has 2 nitrogen and oxygen atoms in total. The number of carbonyl (C=O) groups is 1. The average Bonchev–Trinajstić information content (AvgIpc) is 1.88. The smallest absolute Gasteiger partial charge is 0.320 e. The molecule has 0 aromatic carbocycles. The highest BCUT2D eigenvalue weighted by molar-refractivity contribution is 5.78. The molecule has 0 amide bonds. The fourth-order valence-corrected chi connectivity index (χ4v) is 0.542. The molecule has 0 N–H and O–H groups in total. The summed E-state index contributed by atoms with van der Waals surface area (Å²) in [6.07, 6.45) is 2.67. The van der Waals surface area contributed by atoms with E-state index < -0.39 is 5.41 Å². The summed E-state index contributed by atoms with van der Waals surface area (Å²) < 4.78 is 4.59. The zero-order chi connectivity index (χ0) is 8.91. The van der Waals surface area contributed by atoms with Crippen LogP contribution in [0.4, 0.5) is 0 Å². The van der Waals surface area contributed by atoms with Gasteiger partial charge in [0.25, 0.3) is 0 Å². The lowest BCUT2D eigenvalue weighted by molar-refractivity contribution is -0.145. The summed E-state index contributed by atoms with van der Waals surface area (Å²) in [6, 6.07) is 0. The van der Waals surface area contributed by atoms with Gasteiger partial charge in [-0.2, -0.15) is 0 Å². The van der Waals surface area contributed by atoms with Crippen LogP contribution in [0.15, 0.2) is 31.2 Å². The quantitative estimate of drug-likeness (QED) is 0.351. The van der Waals surface area contributed by atoms with Gasteiger partial charge >= 0.3 is 5.97 Å². The molecule has 0 spiro atoms. The predicted molar refractivity (Wildman–Crippen MR) is 43.8 cm³/mol. The Kier molecular flexibility index (Phi) is 3.35. The second-order valence-electron chi connectivity index (χ2n) is 2.64. The third kappa shape index (κ3) is 2.87. The van der Waals surface area contributed by atoms with E-state index in [1.54, 1.807) is 19.9 Å². The molecular formula is C9H12O2. The van der Waals surface area contributed by atoms with Crippen molar-refractivity contribution in [2.45, 2.75) is 13.8 Å². The van der Waals surface area contributed by atoms with Gasteiger partial charge in [0.15, 0.2) is 0 Å². The van der Waals surface area contributed by atoms with Gasteiger partial charge < -0.3 is 4.74 Å². The van der Waals surface area contributed by atoms with Crippen LogP contribution in [0, 0.1) is 5.41 Å². The molecule has 0 fully saturated rings. The Hall–Kier alpha value is -1.27. The summed E-state index contributed by atoms with van der Waals surface area (Å²) in [5, 5.41) is 0. The molecule has 0 aromatic heterocycles. The van der Waals surface area contributed by atoms with Gasteiger partial charge in [0.2, 0.25) is 0 Å². The monoisotopic (exact) mass is 152 g/mol. The van der Waals surface area contributed by atoms with Crippen LogP contribution < -0.4 is 0 Å². The first-order chi connectivity index (χ1) is 5.04. The van der Waals surface area contributed by atoms with Gasteiger partial charge in [0.1, 0.15) is 0 Å². The first kappa shape index (κ1) is 9.73. The van der Waals surface area contributed by atoms with E-state index in [0.29, 0.717) is 0 Å². The first-order valence-corrected chi connectivity index (χ1v) is 3.23. The van der Waals surface area contributed by atoms with Gasteiger partial charge in [-0.1, -0.05) is 13.2 Å². The Morgan fingerprint density at radius 2 is 2.18 bits per heavy atom. The second-order valence-corrected chi connectivity index (χ2v) is 2.64. The number of esters is 1. The Morgan fingerprint density at radius 3 is 2.55 bits per heavy atom. The minimum atomic E-state index is -0.671. The number of ether oxygens (including phenoxy) is 1. The maximum Gasteiger partial charge on any atom is 0.320 e. The van der Waals surface area contributed by atoms with Crippen molar-refractivity contribution in [3.8, 4) is 0 Å². The van der Waals surface area contributed by atoms with E-state index in [-0.39, 0.29) is 5.97 Å². The number of hydrogen-bond donors (Lipinski definition) is 0. The Morgan fingerprint density at radius 1 is 1.64 bits per heavy atom. The Bertz CT molecular complexity index is 208. The molecule has 60 valence electrons. The second kappa shape index (κ2) is 3.79. The molecule has 0 aliphatic carbocycles. The van der Waals surface area contributed by atoms with Crippen molar-refractivity contribution in [3.05, 3.63) is 31.2 Å². The first-order valence-electron chi connectivity index (χ1n) is 3.23. The van der Waals surface area contributed by atoms with E-state index in [1.165, 1.54) is 0 Å². The summed E-state index contributed by atoms with van der Waals surface area (Å²) in [5.74, 6) is -0.358. The maximum atomic E-state index is 11.1. The minimum Gasteiger partial charge on any atom is -0.434 e. The zero-order valence-electron chi connectivity index (χ0n) is 6.89. The van der Waals surface area contributed by atoms with Crippen LogP contribution in [-0.2, 0) is 9.53 Å². The van der Waals surface area contributed by atoms with Crippen molar-refractivity contribution in [2.75, 3.05) is 0 Å². The highest BCUT2D eigenvalue weighted by Crippen LogP contribution is 2.18. The van der Waals surface area contributed by atoms with E-state index in [2.05, 4.69) is 23.6 Å². The predicted octanol–water partition coefficient (Wildman–Crippen LogP) is 2.04. The molecule has 0 saturated carbocycles. The van der Waals surface area contributed by atoms with Gasteiger partial charge in [0.05, 0.1) is 11.7 Å². The summed E-state index contributed by atoms with van der Waals surface area (Å²) >= 11 is 0. The topological polar surface area (TPSA) is 26.3 Å². The highest BCUT2D eigenvalue weighted by atomic mass is 16.5. The maximum absolute atomic E-state index is 11.1. The highest BCUT2D eigenvalue weighted by Gasteiger charge is 2.25. The van der Waals surface area contributed by atoms with E-state index >= 15 is 0 Å². The van der Waals surface area contributed by atoms with Crippen LogP contribution in [0.5, 0.6) is 0 Å². The van der Waals surface area contributed by atoms with Crippen LogP contribution in [0.2, 0.25) is 0 Å². The standard InChI is InChI=1S/C9H12O2/c1-5-7-9(3,4)8(10)11-6-2/h6-7H,1-2H2,3-4H3. The summed E-state index contributed by atoms with van der Waals surface area (Å²) in [7, 11) is 0. The van der Waals surface area contributed by atoms with Crippen molar-refractivity contribution in [3.63, 3.8) is 0 Å². The summed E-state index contributed by atoms with van der Waals surface area (Å²) in [5.41, 5.74) is 1.87. The number of carbonyl (C=O) groups excluding carboxylic acids is 1. The molecule has 0 saturated heterocycles. The van der Waals surface area contributed by atoms with Crippen LogP contribution >= 0.6 is 0 Å². The third-order valence-corrected chi connectivity index (χ3v) is 1.18. The molecule has 0 unspecified atom stereocenters. The van der Waals surface area contributed by atoms with Crippen molar-refractivity contribution in [2.24, 2.45) is 5.41 Å². The number of rotatable bonds is 3. The van der Waals surface area contributed by atoms with E-state index in [9.17, 15) is 4.79 Å². The molecule has 0 aromatic rings. The largest absolute Gasteiger partial charge is 0.434 e. The van der Waals surface area contributed by atoms with Crippen molar-refractivity contribution < 1.29 is 9.53 Å². The Balaban J connectivity index is 4.40. The fourth-order valence-electron chi connectivity index (χ4n) is 0.542. The van der Waals surface area contributed by atoms with Crippen LogP contribution in [0.1, 0.15) is 13.8 Å². The molecule has 0 heterocycles. The van der Waals surface area contributed by atoms with Gasteiger partial charge in [-0.25, -0.2) is 0 Å². The normalized spacial score (nSPS) is 9.64. The molecular weight excluding hydrogens is 140 g/mol. The lowest BCUT2D eigenvalue weighted by Crippen LogP contribution is -2.22. The Labute approximate surface area is 66.9 Å². The van der Waals surface area contributed by atoms with Crippen LogP contribution in [0.3, 0.4) is 0 Å². The van der Waals surface area contributed by atoms with Gasteiger partial charge in [-0.05, 0) is 19.9 Å². The van der Waals surface area contributed by atoms with Gasteiger partial charge in [-0.15, -0.1) is 5.73 Å². The summed E-state index contributed by atoms with van der Waals surface area (Å²) in [4.78, 5) is 11.1. The molecule has 0 aliphatic rings. The number of hydrogen-bond acceptors (Lipinski definition) is 2. The third-order valence-electron chi connectivity index (χ3n) is 1.18. The van der Waals surface area contributed by atoms with Gasteiger partial charge in [-0.3, -0.25) is 4.79 Å².